The Labute approximate surface area is 187 Å². The molecule has 0 aliphatic rings. The molecule has 0 unspecified atom stereocenters. The Morgan fingerprint density at radius 1 is 1.13 bits per heavy atom. The number of nitrogens with zero attached hydrogens (tertiary/aromatic N) is 2. The fraction of sp³-hybridized carbons (Fsp3) is 0.417. The maximum absolute atomic E-state index is 13.0. The molecule has 1 amide bonds. The van der Waals surface area contributed by atoms with E-state index in [0.717, 1.165) is 46.4 Å². The van der Waals surface area contributed by atoms with Crippen LogP contribution >= 0.6 is 11.3 Å². The Hall–Kier alpha value is -2.80. The van der Waals surface area contributed by atoms with Gasteiger partial charge in [0.2, 0.25) is 5.91 Å². The first-order valence-electron chi connectivity index (χ1n) is 10.8. The topological polar surface area (TPSA) is 64.8 Å². The van der Waals surface area contributed by atoms with Gasteiger partial charge in [0.15, 0.2) is 22.3 Å². The van der Waals surface area contributed by atoms with E-state index in [1.165, 1.54) is 11.3 Å². The smallest absolute Gasteiger partial charge is 0.228 e. The van der Waals surface area contributed by atoms with Gasteiger partial charge in [-0.25, -0.2) is 4.98 Å². The highest BCUT2D eigenvalue weighted by atomic mass is 32.1. The van der Waals surface area contributed by atoms with Crippen LogP contribution in [0, 0.1) is 0 Å². The summed E-state index contributed by atoms with van der Waals surface area (Å²) in [4.78, 5) is 19.5. The van der Waals surface area contributed by atoms with Crippen LogP contribution in [0.15, 0.2) is 46.4 Å². The highest BCUT2D eigenvalue weighted by molar-refractivity contribution is 7.13. The molecule has 3 rings (SSSR count). The minimum absolute atomic E-state index is 0.0578. The molecule has 0 N–H and O–H groups in total. The van der Waals surface area contributed by atoms with Crippen molar-refractivity contribution in [3.63, 3.8) is 0 Å². The molecular formula is C24H30N2O4S. The lowest BCUT2D eigenvalue weighted by atomic mass is 10.1. The van der Waals surface area contributed by atoms with Crippen molar-refractivity contribution in [3.8, 4) is 22.3 Å². The number of amides is 1. The summed E-state index contributed by atoms with van der Waals surface area (Å²) < 4.78 is 16.9. The van der Waals surface area contributed by atoms with Crippen molar-refractivity contribution in [2.45, 2.75) is 46.6 Å². The summed E-state index contributed by atoms with van der Waals surface area (Å²) >= 11 is 1.49. The summed E-state index contributed by atoms with van der Waals surface area (Å²) in [5.74, 6) is 2.25. The summed E-state index contributed by atoms with van der Waals surface area (Å²) in [7, 11) is 0. The van der Waals surface area contributed by atoms with E-state index in [0.29, 0.717) is 26.3 Å². The molecule has 0 radical (unpaired) electrons. The Bertz CT molecular complexity index is 952. The fourth-order valence-electron chi connectivity index (χ4n) is 3.20. The van der Waals surface area contributed by atoms with Gasteiger partial charge in [0.05, 0.1) is 31.6 Å². The highest BCUT2D eigenvalue weighted by Crippen LogP contribution is 2.29. The molecule has 0 saturated heterocycles. The number of carbonyl (C=O) groups excluding carboxylic acids is 1. The molecule has 2 aromatic heterocycles. The number of thiazole rings is 1. The zero-order valence-electron chi connectivity index (χ0n) is 18.4. The average molecular weight is 443 g/mol. The molecule has 2 heterocycles. The summed E-state index contributed by atoms with van der Waals surface area (Å²) in [5, 5.41) is 2.71. The molecule has 6 nitrogen and oxygen atoms in total. The molecule has 31 heavy (non-hydrogen) atoms. The maximum Gasteiger partial charge on any atom is 0.228 e. The summed E-state index contributed by atoms with van der Waals surface area (Å²) in [6.07, 6.45) is 3.72. The van der Waals surface area contributed by atoms with Gasteiger partial charge < -0.3 is 18.8 Å². The van der Waals surface area contributed by atoms with Crippen LogP contribution < -0.4 is 9.47 Å². The molecule has 7 heteroatoms. The number of ether oxygens (including phenoxy) is 2. The van der Waals surface area contributed by atoms with Gasteiger partial charge in [-0.05, 0) is 49.6 Å². The van der Waals surface area contributed by atoms with Crippen molar-refractivity contribution >= 4 is 17.2 Å². The maximum atomic E-state index is 13.0. The largest absolute Gasteiger partial charge is 0.490 e. The lowest BCUT2D eigenvalue weighted by Crippen LogP contribution is -2.32. The van der Waals surface area contributed by atoms with Crippen LogP contribution in [-0.2, 0) is 17.8 Å². The minimum Gasteiger partial charge on any atom is -0.490 e. The van der Waals surface area contributed by atoms with Crippen LogP contribution in [0.2, 0.25) is 0 Å². The van der Waals surface area contributed by atoms with Gasteiger partial charge in [-0.1, -0.05) is 19.9 Å². The molecular weight excluding hydrogens is 412 g/mol. The number of carbonyl (C=O) groups is 1. The molecule has 1 aromatic carbocycles. The highest BCUT2D eigenvalue weighted by Gasteiger charge is 2.17. The summed E-state index contributed by atoms with van der Waals surface area (Å²) in [6.45, 7) is 8.52. The Morgan fingerprint density at radius 3 is 2.71 bits per heavy atom. The average Bonchev–Trinajstić information content (AvgIpc) is 3.45. The van der Waals surface area contributed by atoms with E-state index in [1.807, 2.05) is 47.5 Å². The lowest BCUT2D eigenvalue weighted by molar-refractivity contribution is -0.131. The molecule has 0 saturated carbocycles. The van der Waals surface area contributed by atoms with Gasteiger partial charge in [0.25, 0.3) is 0 Å². The van der Waals surface area contributed by atoms with Crippen molar-refractivity contribution in [1.82, 2.24) is 9.88 Å². The van der Waals surface area contributed by atoms with Crippen molar-refractivity contribution < 1.29 is 18.7 Å². The Morgan fingerprint density at radius 2 is 2.00 bits per heavy atom. The van der Waals surface area contributed by atoms with Crippen LogP contribution in [0.5, 0.6) is 11.5 Å². The van der Waals surface area contributed by atoms with Gasteiger partial charge in [0, 0.05) is 18.5 Å². The quantitative estimate of drug-likeness (QED) is 0.367. The molecule has 0 aliphatic heterocycles. The van der Waals surface area contributed by atoms with Crippen molar-refractivity contribution in [1.29, 1.82) is 0 Å². The third kappa shape index (κ3) is 6.34. The predicted octanol–water partition coefficient (Wildman–Crippen LogP) is 5.57. The molecule has 0 aliphatic carbocycles. The second-order valence-corrected chi connectivity index (χ2v) is 8.03. The van der Waals surface area contributed by atoms with E-state index in [9.17, 15) is 4.79 Å². The van der Waals surface area contributed by atoms with Gasteiger partial charge in [0.1, 0.15) is 0 Å². The van der Waals surface area contributed by atoms with E-state index >= 15 is 0 Å². The van der Waals surface area contributed by atoms with Crippen molar-refractivity contribution in [2.24, 2.45) is 0 Å². The Balaban J connectivity index is 1.69. The van der Waals surface area contributed by atoms with Crippen LogP contribution in [0.3, 0.4) is 0 Å². The van der Waals surface area contributed by atoms with Crippen molar-refractivity contribution in [3.05, 3.63) is 53.2 Å². The monoisotopic (exact) mass is 442 g/mol. The number of furan rings is 1. The standard InChI is InChI=1S/C24H30N2O4S/c1-4-11-26(16-18-9-10-20(29-12-5-2)22(14-18)28-6-3)23(27)15-19-17-31-24(25-19)21-8-7-13-30-21/h7-10,13-14,17H,4-6,11-12,15-16H2,1-3H3. The van der Waals surface area contributed by atoms with Crippen LogP contribution in [-0.4, -0.2) is 35.5 Å². The fourth-order valence-corrected chi connectivity index (χ4v) is 3.99. The molecule has 3 aromatic rings. The zero-order chi connectivity index (χ0) is 22.1. The van der Waals surface area contributed by atoms with Gasteiger partial charge >= 0.3 is 0 Å². The minimum atomic E-state index is 0.0578. The van der Waals surface area contributed by atoms with E-state index in [4.69, 9.17) is 13.9 Å². The van der Waals surface area contributed by atoms with Crippen molar-refractivity contribution in [2.75, 3.05) is 19.8 Å². The Kier molecular flexibility index (Phi) is 8.53. The second kappa shape index (κ2) is 11.6. The third-order valence-corrected chi connectivity index (χ3v) is 5.51. The van der Waals surface area contributed by atoms with Crippen LogP contribution in [0.25, 0.3) is 10.8 Å². The molecule has 0 fully saturated rings. The first-order valence-corrected chi connectivity index (χ1v) is 11.7. The summed E-state index contributed by atoms with van der Waals surface area (Å²) in [6, 6.07) is 9.61. The second-order valence-electron chi connectivity index (χ2n) is 7.18. The number of rotatable bonds is 12. The number of hydrogen-bond acceptors (Lipinski definition) is 6. The molecule has 0 atom stereocenters. The molecule has 0 bridgehead atoms. The molecule has 0 spiro atoms. The van der Waals surface area contributed by atoms with E-state index in [1.54, 1.807) is 6.26 Å². The lowest BCUT2D eigenvalue weighted by Gasteiger charge is -2.23. The normalized spacial score (nSPS) is 10.8. The van der Waals surface area contributed by atoms with E-state index in [2.05, 4.69) is 18.8 Å². The van der Waals surface area contributed by atoms with Gasteiger partial charge in [-0.3, -0.25) is 4.79 Å². The van der Waals surface area contributed by atoms with Crippen LogP contribution in [0.4, 0.5) is 0 Å². The third-order valence-electron chi connectivity index (χ3n) is 4.61. The number of benzene rings is 1. The number of aromatic nitrogens is 1. The first-order chi connectivity index (χ1) is 15.1. The van der Waals surface area contributed by atoms with Gasteiger partial charge in [-0.2, -0.15) is 0 Å². The SMILES string of the molecule is CCCOc1ccc(CN(CCC)C(=O)Cc2csc(-c3ccco3)n2)cc1OCC. The van der Waals surface area contributed by atoms with Gasteiger partial charge in [-0.15, -0.1) is 11.3 Å². The first kappa shape index (κ1) is 22.9. The van der Waals surface area contributed by atoms with Crippen LogP contribution in [0.1, 0.15) is 44.9 Å². The molecule has 166 valence electrons. The van der Waals surface area contributed by atoms with E-state index in [-0.39, 0.29) is 12.3 Å². The number of hydrogen-bond donors (Lipinski definition) is 0. The predicted molar refractivity (Wildman–Crippen MR) is 123 cm³/mol. The summed E-state index contributed by atoms with van der Waals surface area (Å²) in [5.41, 5.74) is 1.78. The zero-order valence-corrected chi connectivity index (χ0v) is 19.2. The van der Waals surface area contributed by atoms with E-state index < -0.39 is 0 Å².